The molecule has 126 valence electrons. The van der Waals surface area contributed by atoms with Crippen LogP contribution < -0.4 is 14.4 Å². The van der Waals surface area contributed by atoms with Crippen LogP contribution in [0.1, 0.15) is 5.69 Å². The molecule has 0 unspecified atom stereocenters. The number of anilines is 2. The largest absolute Gasteiger partial charge is 0.493 e. The highest BCUT2D eigenvalue weighted by molar-refractivity contribution is 5.70. The molecule has 1 aliphatic heterocycles. The molecule has 2 heterocycles. The molecule has 3 aromatic rings. The zero-order valence-electron chi connectivity index (χ0n) is 14.3. The molecule has 4 rings (SSSR count). The van der Waals surface area contributed by atoms with Crippen molar-refractivity contribution in [3.8, 4) is 22.8 Å². The van der Waals surface area contributed by atoms with Gasteiger partial charge < -0.3 is 14.4 Å². The summed E-state index contributed by atoms with van der Waals surface area (Å²) in [5, 5.41) is 0. The standard InChI is InChI=1S/C20H19N3O2/c1-24-18-9-8-15(12-19(18)25-2)23-11-10-16-20(23)22-17(13-21-16)14-6-4-3-5-7-14/h3-9,12-13H,10-11H2,1-2H3. The minimum absolute atomic E-state index is 0.709. The van der Waals surface area contributed by atoms with Gasteiger partial charge >= 0.3 is 0 Å². The summed E-state index contributed by atoms with van der Waals surface area (Å²) in [6, 6.07) is 16.0. The van der Waals surface area contributed by atoms with Crippen LogP contribution in [0.4, 0.5) is 11.5 Å². The lowest BCUT2D eigenvalue weighted by molar-refractivity contribution is 0.355. The molecule has 0 amide bonds. The van der Waals surface area contributed by atoms with Gasteiger partial charge in [0, 0.05) is 30.3 Å². The van der Waals surface area contributed by atoms with Crippen LogP contribution in [0.2, 0.25) is 0 Å². The molecule has 0 fully saturated rings. The number of nitrogens with zero attached hydrogens (tertiary/aromatic N) is 3. The lowest BCUT2D eigenvalue weighted by Gasteiger charge is -2.20. The summed E-state index contributed by atoms with van der Waals surface area (Å²) in [5.74, 6) is 2.34. The number of hydrogen-bond acceptors (Lipinski definition) is 5. The molecule has 0 bridgehead atoms. The maximum Gasteiger partial charge on any atom is 0.162 e. The van der Waals surface area contributed by atoms with Crippen LogP contribution >= 0.6 is 0 Å². The Kier molecular flexibility index (Phi) is 3.98. The van der Waals surface area contributed by atoms with Crippen LogP contribution in [0.25, 0.3) is 11.3 Å². The van der Waals surface area contributed by atoms with Gasteiger partial charge in [0.1, 0.15) is 0 Å². The van der Waals surface area contributed by atoms with Crippen LogP contribution in [-0.2, 0) is 6.42 Å². The molecule has 1 aromatic heterocycles. The van der Waals surface area contributed by atoms with E-state index in [1.807, 2.05) is 54.7 Å². The first-order chi connectivity index (χ1) is 12.3. The Bertz CT molecular complexity index is 897. The zero-order chi connectivity index (χ0) is 17.2. The van der Waals surface area contributed by atoms with Gasteiger partial charge in [-0.1, -0.05) is 30.3 Å². The van der Waals surface area contributed by atoms with Gasteiger partial charge in [-0.05, 0) is 12.1 Å². The molecule has 0 radical (unpaired) electrons. The first-order valence-corrected chi connectivity index (χ1v) is 8.21. The second kappa shape index (κ2) is 6.43. The number of hydrogen-bond donors (Lipinski definition) is 0. The van der Waals surface area contributed by atoms with Gasteiger partial charge in [-0.2, -0.15) is 0 Å². The van der Waals surface area contributed by atoms with Crippen molar-refractivity contribution in [3.63, 3.8) is 0 Å². The molecule has 0 aliphatic carbocycles. The van der Waals surface area contributed by atoms with E-state index >= 15 is 0 Å². The third kappa shape index (κ3) is 2.78. The van der Waals surface area contributed by atoms with Crippen molar-refractivity contribution in [1.29, 1.82) is 0 Å². The SMILES string of the molecule is COc1ccc(N2CCc3ncc(-c4ccccc4)nc32)cc1OC. The number of rotatable bonds is 4. The van der Waals surface area contributed by atoms with Crippen LogP contribution in [-0.4, -0.2) is 30.7 Å². The summed E-state index contributed by atoms with van der Waals surface area (Å²) in [4.78, 5) is 11.7. The second-order valence-electron chi connectivity index (χ2n) is 5.83. The van der Waals surface area contributed by atoms with Crippen LogP contribution in [0.5, 0.6) is 11.5 Å². The van der Waals surface area contributed by atoms with E-state index in [9.17, 15) is 0 Å². The number of methoxy groups -OCH3 is 2. The van der Waals surface area contributed by atoms with Crippen molar-refractivity contribution in [3.05, 3.63) is 60.4 Å². The van der Waals surface area contributed by atoms with E-state index in [1.54, 1.807) is 14.2 Å². The third-order valence-electron chi connectivity index (χ3n) is 4.40. The summed E-state index contributed by atoms with van der Waals surface area (Å²) in [7, 11) is 3.28. The minimum atomic E-state index is 0.709. The molecule has 0 N–H and O–H groups in total. The average molecular weight is 333 g/mol. The lowest BCUT2D eigenvalue weighted by Crippen LogP contribution is -2.14. The van der Waals surface area contributed by atoms with Crippen molar-refractivity contribution >= 4 is 11.5 Å². The van der Waals surface area contributed by atoms with E-state index in [0.29, 0.717) is 5.75 Å². The Morgan fingerprint density at radius 1 is 0.960 bits per heavy atom. The van der Waals surface area contributed by atoms with Gasteiger partial charge in [0.15, 0.2) is 17.3 Å². The Morgan fingerprint density at radius 2 is 1.76 bits per heavy atom. The predicted molar refractivity (Wildman–Crippen MR) is 97.7 cm³/mol. The molecule has 1 aliphatic rings. The first-order valence-electron chi connectivity index (χ1n) is 8.21. The Morgan fingerprint density at radius 3 is 2.52 bits per heavy atom. The molecule has 5 heteroatoms. The normalized spacial score (nSPS) is 12.8. The van der Waals surface area contributed by atoms with E-state index in [0.717, 1.165) is 47.2 Å². The van der Waals surface area contributed by atoms with Gasteiger partial charge in [0.25, 0.3) is 0 Å². The van der Waals surface area contributed by atoms with Gasteiger partial charge in [0.05, 0.1) is 31.8 Å². The summed E-state index contributed by atoms with van der Waals surface area (Å²) in [5.41, 5.74) is 3.99. The summed E-state index contributed by atoms with van der Waals surface area (Å²) >= 11 is 0. The van der Waals surface area contributed by atoms with Gasteiger partial charge in [-0.15, -0.1) is 0 Å². The molecular weight excluding hydrogens is 314 g/mol. The Hall–Kier alpha value is -3.08. The van der Waals surface area contributed by atoms with Crippen molar-refractivity contribution in [2.45, 2.75) is 6.42 Å². The van der Waals surface area contributed by atoms with E-state index in [4.69, 9.17) is 14.5 Å². The minimum Gasteiger partial charge on any atom is -0.493 e. The second-order valence-corrected chi connectivity index (χ2v) is 5.83. The topological polar surface area (TPSA) is 47.5 Å². The molecule has 0 spiro atoms. The van der Waals surface area contributed by atoms with Crippen LogP contribution in [0.15, 0.2) is 54.7 Å². The molecule has 5 nitrogen and oxygen atoms in total. The molecule has 0 saturated heterocycles. The smallest absolute Gasteiger partial charge is 0.162 e. The van der Waals surface area contributed by atoms with Crippen molar-refractivity contribution in [2.75, 3.05) is 25.7 Å². The maximum atomic E-state index is 5.43. The molecular formula is C20H19N3O2. The molecule has 25 heavy (non-hydrogen) atoms. The molecule has 0 atom stereocenters. The van der Waals surface area contributed by atoms with Crippen molar-refractivity contribution in [2.24, 2.45) is 0 Å². The predicted octanol–water partition coefficient (Wildman–Crippen LogP) is 3.86. The number of aromatic nitrogens is 2. The van der Waals surface area contributed by atoms with E-state index in [2.05, 4.69) is 9.88 Å². The van der Waals surface area contributed by atoms with E-state index in [-0.39, 0.29) is 0 Å². The zero-order valence-corrected chi connectivity index (χ0v) is 14.3. The van der Waals surface area contributed by atoms with E-state index < -0.39 is 0 Å². The van der Waals surface area contributed by atoms with Crippen molar-refractivity contribution < 1.29 is 9.47 Å². The monoisotopic (exact) mass is 333 g/mol. The fourth-order valence-electron chi connectivity index (χ4n) is 3.11. The third-order valence-corrected chi connectivity index (χ3v) is 4.40. The average Bonchev–Trinajstić information content (AvgIpc) is 3.11. The summed E-state index contributed by atoms with van der Waals surface area (Å²) in [6.45, 7) is 0.850. The number of fused-ring (bicyclic) bond motifs is 1. The molecule has 2 aromatic carbocycles. The highest BCUT2D eigenvalue weighted by atomic mass is 16.5. The fourth-order valence-corrected chi connectivity index (χ4v) is 3.11. The summed E-state index contributed by atoms with van der Waals surface area (Å²) < 4.78 is 10.8. The highest BCUT2D eigenvalue weighted by Gasteiger charge is 2.25. The van der Waals surface area contributed by atoms with Crippen molar-refractivity contribution in [1.82, 2.24) is 9.97 Å². The fraction of sp³-hybridized carbons (Fsp3) is 0.200. The summed E-state index contributed by atoms with van der Waals surface area (Å²) in [6.07, 6.45) is 2.73. The quantitative estimate of drug-likeness (QED) is 0.726. The number of ether oxygens (including phenoxy) is 2. The van der Waals surface area contributed by atoms with E-state index in [1.165, 1.54) is 0 Å². The Labute approximate surface area is 146 Å². The van der Waals surface area contributed by atoms with Crippen LogP contribution in [0, 0.1) is 0 Å². The maximum absolute atomic E-state index is 5.43. The van der Waals surface area contributed by atoms with Gasteiger partial charge in [-0.25, -0.2) is 4.98 Å². The lowest BCUT2D eigenvalue weighted by atomic mass is 10.1. The van der Waals surface area contributed by atoms with Gasteiger partial charge in [-0.3, -0.25) is 4.98 Å². The molecule has 0 saturated carbocycles. The number of benzene rings is 2. The Balaban J connectivity index is 1.74. The van der Waals surface area contributed by atoms with Crippen LogP contribution in [0.3, 0.4) is 0 Å². The first kappa shape index (κ1) is 15.4. The van der Waals surface area contributed by atoms with Gasteiger partial charge in [0.2, 0.25) is 0 Å². The highest BCUT2D eigenvalue weighted by Crippen LogP contribution is 2.37.